The van der Waals surface area contributed by atoms with Gasteiger partial charge >= 0.3 is 0 Å². The molecule has 0 radical (unpaired) electrons. The molecule has 0 unspecified atom stereocenters. The monoisotopic (exact) mass is 625 g/mol. The first-order chi connectivity index (χ1) is 21.3. The minimum absolute atomic E-state index is 0.133. The zero-order valence-electron chi connectivity index (χ0n) is 25.3. The van der Waals surface area contributed by atoms with Crippen molar-refractivity contribution < 1.29 is 19.0 Å². The fraction of sp³-hybridized carbons (Fsp3) is 0.314. The molecule has 4 aromatic rings. The molecule has 7 nitrogen and oxygen atoms in total. The summed E-state index contributed by atoms with van der Waals surface area (Å²) >= 11 is 1.45. The normalized spacial score (nSPS) is 22.2. The molecule has 1 aliphatic rings. The number of rotatable bonds is 11. The van der Waals surface area contributed by atoms with Crippen LogP contribution in [0.4, 0.5) is 0 Å². The Morgan fingerprint density at radius 1 is 0.841 bits per heavy atom. The van der Waals surface area contributed by atoms with Crippen LogP contribution in [0, 0.1) is 0 Å². The van der Waals surface area contributed by atoms with Crippen molar-refractivity contribution in [2.45, 2.75) is 67.1 Å². The average molecular weight is 626 g/mol. The molecule has 1 aliphatic heterocycles. The molecule has 5 atom stereocenters. The lowest BCUT2D eigenvalue weighted by Gasteiger charge is -2.46. The Morgan fingerprint density at radius 3 is 1.89 bits per heavy atom. The summed E-state index contributed by atoms with van der Waals surface area (Å²) in [4.78, 5) is 4.09. The van der Waals surface area contributed by atoms with E-state index in [1.54, 1.807) is 0 Å². The average Bonchev–Trinajstić information content (AvgIpc) is 3.04. The maximum absolute atomic E-state index is 11.8. The second-order valence-electron chi connectivity index (χ2n) is 11.9. The molecular formula is C35H39N3O4SSi. The van der Waals surface area contributed by atoms with Gasteiger partial charge in [-0.15, -0.1) is 0 Å². The highest BCUT2D eigenvalue weighted by molar-refractivity contribution is 7.99. The van der Waals surface area contributed by atoms with Crippen LogP contribution in [0.2, 0.25) is 5.04 Å². The number of aliphatic hydroxyl groups excluding tert-OH is 1. The highest BCUT2D eigenvalue weighted by Crippen LogP contribution is 2.40. The summed E-state index contributed by atoms with van der Waals surface area (Å²) in [5, 5.41) is 18.0. The van der Waals surface area contributed by atoms with E-state index >= 15 is 0 Å². The van der Waals surface area contributed by atoms with Gasteiger partial charge in [-0.1, -0.05) is 147 Å². The molecular weight excluding hydrogens is 587 g/mol. The Balaban J connectivity index is 1.50. The van der Waals surface area contributed by atoms with Crippen molar-refractivity contribution in [3.8, 4) is 0 Å². The van der Waals surface area contributed by atoms with E-state index in [0.29, 0.717) is 0 Å². The smallest absolute Gasteiger partial charge is 0.261 e. The van der Waals surface area contributed by atoms with E-state index in [9.17, 15) is 10.6 Å². The van der Waals surface area contributed by atoms with Crippen molar-refractivity contribution in [2.24, 2.45) is 5.11 Å². The Morgan fingerprint density at radius 2 is 1.36 bits per heavy atom. The van der Waals surface area contributed by atoms with Gasteiger partial charge in [0.25, 0.3) is 8.32 Å². The summed E-state index contributed by atoms with van der Waals surface area (Å²) in [7, 11) is -2.91. The maximum Gasteiger partial charge on any atom is 0.261 e. The van der Waals surface area contributed by atoms with E-state index in [4.69, 9.17) is 13.9 Å². The van der Waals surface area contributed by atoms with Crippen LogP contribution >= 0.6 is 11.8 Å². The van der Waals surface area contributed by atoms with Gasteiger partial charge in [0, 0.05) is 9.81 Å². The maximum atomic E-state index is 11.8. The van der Waals surface area contributed by atoms with Gasteiger partial charge in [-0.25, -0.2) is 0 Å². The molecule has 44 heavy (non-hydrogen) atoms. The van der Waals surface area contributed by atoms with Gasteiger partial charge in [0.05, 0.1) is 19.3 Å². The summed E-state index contributed by atoms with van der Waals surface area (Å²) in [5.74, 6) is 0. The molecule has 0 saturated carbocycles. The summed E-state index contributed by atoms with van der Waals surface area (Å²) in [6.45, 7) is 7.04. The highest BCUT2D eigenvalue weighted by Gasteiger charge is 2.52. The van der Waals surface area contributed by atoms with Crippen molar-refractivity contribution in [3.63, 3.8) is 0 Å². The van der Waals surface area contributed by atoms with Crippen LogP contribution in [0.3, 0.4) is 0 Å². The van der Waals surface area contributed by atoms with Crippen LogP contribution in [-0.4, -0.2) is 49.8 Å². The summed E-state index contributed by atoms with van der Waals surface area (Å²) in [6.07, 6.45) is -2.64. The van der Waals surface area contributed by atoms with Gasteiger partial charge in [0.2, 0.25) is 0 Å². The molecule has 0 bridgehead atoms. The largest absolute Gasteiger partial charge is 0.405 e. The van der Waals surface area contributed by atoms with Gasteiger partial charge in [0.1, 0.15) is 23.7 Å². The second-order valence-corrected chi connectivity index (χ2v) is 17.4. The van der Waals surface area contributed by atoms with Gasteiger partial charge in [-0.3, -0.25) is 0 Å². The van der Waals surface area contributed by atoms with Crippen LogP contribution < -0.4 is 10.4 Å². The van der Waals surface area contributed by atoms with E-state index < -0.39 is 38.1 Å². The van der Waals surface area contributed by atoms with Crippen molar-refractivity contribution in [2.75, 3.05) is 6.61 Å². The third-order valence-electron chi connectivity index (χ3n) is 7.99. The van der Waals surface area contributed by atoms with Crippen molar-refractivity contribution >= 4 is 30.5 Å². The molecule has 0 spiro atoms. The number of hydrogen-bond donors (Lipinski definition) is 1. The van der Waals surface area contributed by atoms with Gasteiger partial charge in [0.15, 0.2) is 0 Å². The summed E-state index contributed by atoms with van der Waals surface area (Å²) in [5.41, 5.74) is 9.90. The van der Waals surface area contributed by atoms with Gasteiger partial charge in [-0.05, 0) is 38.6 Å². The zero-order chi connectivity index (χ0) is 31.0. The molecule has 9 heteroatoms. The van der Waals surface area contributed by atoms with Crippen LogP contribution in [0.15, 0.2) is 131 Å². The molecule has 5 rings (SSSR count). The molecule has 1 heterocycles. The van der Waals surface area contributed by atoms with E-state index in [1.807, 2.05) is 97.1 Å². The van der Waals surface area contributed by atoms with E-state index in [1.165, 1.54) is 11.8 Å². The Labute approximate surface area is 265 Å². The van der Waals surface area contributed by atoms with Crippen molar-refractivity contribution in [1.82, 2.24) is 0 Å². The number of aliphatic hydroxyl groups is 1. The Kier molecular flexibility index (Phi) is 10.6. The van der Waals surface area contributed by atoms with Crippen LogP contribution in [-0.2, 0) is 20.5 Å². The quantitative estimate of drug-likeness (QED) is 0.0866. The van der Waals surface area contributed by atoms with E-state index in [-0.39, 0.29) is 18.3 Å². The number of hydrogen-bond acceptors (Lipinski definition) is 6. The zero-order valence-corrected chi connectivity index (χ0v) is 27.1. The number of ether oxygens (including phenoxy) is 2. The second kappa shape index (κ2) is 14.6. The van der Waals surface area contributed by atoms with Crippen molar-refractivity contribution in [1.29, 1.82) is 0 Å². The summed E-state index contributed by atoms with van der Waals surface area (Å²) < 4.78 is 20.1. The lowest BCUT2D eigenvalue weighted by atomic mass is 9.98. The fourth-order valence-corrected chi connectivity index (χ4v) is 11.6. The van der Waals surface area contributed by atoms with E-state index in [0.717, 1.165) is 20.8 Å². The molecule has 0 aliphatic carbocycles. The first-order valence-electron chi connectivity index (χ1n) is 14.8. The third-order valence-corrected chi connectivity index (χ3v) is 14.2. The molecule has 1 fully saturated rings. The molecule has 4 aromatic carbocycles. The first kappa shape index (κ1) is 32.0. The number of nitrogens with zero attached hydrogens (tertiary/aromatic N) is 3. The van der Waals surface area contributed by atoms with Crippen LogP contribution in [0.1, 0.15) is 26.3 Å². The van der Waals surface area contributed by atoms with Crippen molar-refractivity contribution in [3.05, 3.63) is 137 Å². The standard InChI is InChI=1S/C35H39N3O4SSi/c1-35(2,3)44(28-20-12-6-13-21-28,29-22-14-7-15-23-29)41-25-30-32(39)33(40-24-26-16-8-4-9-17-26)31(37-38-36)34(42-30)43-27-18-10-5-11-19-27/h4-23,30-34,39H,24-25H2,1-3H3/t30-,31-,32+,33-,34-/m1/s1. The molecule has 1 N–H and O–H groups in total. The van der Waals surface area contributed by atoms with Crippen LogP contribution in [0.25, 0.3) is 10.4 Å². The minimum Gasteiger partial charge on any atom is -0.405 e. The fourth-order valence-electron chi connectivity index (χ4n) is 5.88. The third kappa shape index (κ3) is 7.11. The number of thioether (sulfide) groups is 1. The first-order valence-corrected chi connectivity index (χ1v) is 17.6. The molecule has 228 valence electrons. The lowest BCUT2D eigenvalue weighted by Crippen LogP contribution is -2.68. The van der Waals surface area contributed by atoms with Gasteiger partial charge < -0.3 is 19.0 Å². The molecule has 0 amide bonds. The SMILES string of the molecule is CC(C)(C)[Si](OC[C@H]1O[C@H](Sc2ccccc2)[C@H](N=[N+]=[N-])[C@@H](OCc2ccccc2)[C@H]1O)(c1ccccc1)c1ccccc1. The highest BCUT2D eigenvalue weighted by atomic mass is 32.2. The van der Waals surface area contributed by atoms with E-state index in [2.05, 4.69) is 55.1 Å². The topological polar surface area (TPSA) is 96.7 Å². The predicted octanol–water partition coefficient (Wildman–Crippen LogP) is 6.71. The van der Waals surface area contributed by atoms with Gasteiger partial charge in [-0.2, -0.15) is 0 Å². The van der Waals surface area contributed by atoms with Crippen LogP contribution in [0.5, 0.6) is 0 Å². The number of benzene rings is 4. The predicted molar refractivity (Wildman–Crippen MR) is 178 cm³/mol. The summed E-state index contributed by atoms with van der Waals surface area (Å²) in [6, 6.07) is 39.6. The number of azide groups is 1. The molecule has 0 aromatic heterocycles. The lowest BCUT2D eigenvalue weighted by molar-refractivity contribution is -0.183. The Bertz CT molecular complexity index is 1460. The molecule has 1 saturated heterocycles. The minimum atomic E-state index is -2.91. The Hall–Kier alpha value is -3.40.